The summed E-state index contributed by atoms with van der Waals surface area (Å²) in [5.41, 5.74) is 1.97. The number of amides is 1. The second-order valence-electron chi connectivity index (χ2n) is 5.42. The van der Waals surface area contributed by atoms with Crippen LogP contribution >= 0.6 is 22.7 Å². The van der Waals surface area contributed by atoms with Crippen LogP contribution in [0, 0.1) is 17.0 Å². The Bertz CT molecular complexity index is 1110. The normalized spacial score (nSPS) is 12.2. The van der Waals surface area contributed by atoms with E-state index in [2.05, 4.69) is 4.99 Å². The fraction of sp³-hybridized carbons (Fsp3) is 0.176. The van der Waals surface area contributed by atoms with Gasteiger partial charge in [0.25, 0.3) is 5.91 Å². The van der Waals surface area contributed by atoms with Crippen molar-refractivity contribution >= 4 is 49.9 Å². The summed E-state index contributed by atoms with van der Waals surface area (Å²) in [5, 5.41) is 10.7. The maximum atomic E-state index is 12.2. The number of methoxy groups -OCH3 is 1. The molecule has 3 rings (SSSR count). The zero-order valence-electron chi connectivity index (χ0n) is 14.3. The van der Waals surface area contributed by atoms with Crippen molar-refractivity contribution in [2.75, 3.05) is 7.11 Å². The predicted octanol–water partition coefficient (Wildman–Crippen LogP) is 3.67. The third-order valence-electron chi connectivity index (χ3n) is 3.72. The highest BCUT2D eigenvalue weighted by Gasteiger charge is 2.12. The molecule has 3 aromatic rings. The van der Waals surface area contributed by atoms with Crippen LogP contribution in [0.1, 0.15) is 10.4 Å². The number of carbonyl (C=O) groups is 1. The van der Waals surface area contributed by atoms with Gasteiger partial charge in [0, 0.05) is 24.1 Å². The van der Waals surface area contributed by atoms with Gasteiger partial charge < -0.3 is 9.30 Å². The summed E-state index contributed by atoms with van der Waals surface area (Å²) in [6.07, 6.45) is 2.84. The molecule has 0 unspecified atom stereocenters. The fourth-order valence-electron chi connectivity index (χ4n) is 2.43. The van der Waals surface area contributed by atoms with Crippen LogP contribution in [-0.4, -0.2) is 22.5 Å². The van der Waals surface area contributed by atoms with E-state index in [-0.39, 0.29) is 5.00 Å². The molecular formula is C17H15N3O4S2. The van der Waals surface area contributed by atoms with E-state index in [0.717, 1.165) is 32.9 Å². The van der Waals surface area contributed by atoms with Crippen molar-refractivity contribution in [1.29, 1.82) is 0 Å². The van der Waals surface area contributed by atoms with Crippen molar-refractivity contribution in [2.24, 2.45) is 12.0 Å². The molecule has 2 heterocycles. The number of rotatable bonds is 4. The van der Waals surface area contributed by atoms with Gasteiger partial charge in [-0.15, -0.1) is 0 Å². The molecule has 0 aliphatic rings. The summed E-state index contributed by atoms with van der Waals surface area (Å²) in [7, 11) is 3.44. The Labute approximate surface area is 156 Å². The Hall–Kier alpha value is -2.78. The lowest BCUT2D eigenvalue weighted by molar-refractivity contribution is -0.380. The average Bonchev–Trinajstić information content (AvgIpc) is 3.21. The van der Waals surface area contributed by atoms with Crippen LogP contribution in [0.3, 0.4) is 0 Å². The minimum atomic E-state index is -0.457. The minimum Gasteiger partial charge on any atom is -0.495 e. The minimum absolute atomic E-state index is 0.0347. The largest absolute Gasteiger partial charge is 0.495 e. The maximum Gasteiger partial charge on any atom is 0.324 e. The Kier molecular flexibility index (Phi) is 5.01. The van der Waals surface area contributed by atoms with Crippen molar-refractivity contribution in [1.82, 2.24) is 4.57 Å². The lowest BCUT2D eigenvalue weighted by atomic mass is 10.2. The predicted molar refractivity (Wildman–Crippen MR) is 103 cm³/mol. The topological polar surface area (TPSA) is 86.7 Å². The van der Waals surface area contributed by atoms with Crippen LogP contribution in [0.2, 0.25) is 0 Å². The van der Waals surface area contributed by atoms with Gasteiger partial charge in [-0.25, -0.2) is 0 Å². The lowest BCUT2D eigenvalue weighted by Crippen LogP contribution is -2.12. The van der Waals surface area contributed by atoms with Crippen molar-refractivity contribution in [3.63, 3.8) is 0 Å². The zero-order chi connectivity index (χ0) is 18.8. The molecule has 0 radical (unpaired) electrons. The Morgan fingerprint density at radius 3 is 2.73 bits per heavy atom. The summed E-state index contributed by atoms with van der Waals surface area (Å²) >= 11 is 2.42. The Morgan fingerprint density at radius 2 is 2.08 bits per heavy atom. The molecule has 0 saturated carbocycles. The number of aryl methyl sites for hydroxylation is 2. The molecule has 7 nitrogen and oxygen atoms in total. The standard InChI is InChI=1S/C17H15N3O4S2/c1-10-4-7-12(24-3)15-16(10)26-17(19(15)2)18-13(21)8-5-11-6-9-14(25-11)20(22)23/h4-9H,1-3H3. The quantitative estimate of drug-likeness (QED) is 0.387. The number of carbonyl (C=O) groups excluding carboxylic acids is 1. The molecule has 0 aliphatic heterocycles. The first-order valence-corrected chi connectivity index (χ1v) is 9.18. The number of ether oxygens (including phenoxy) is 1. The number of thiophene rings is 1. The number of nitrogens with zero attached hydrogens (tertiary/aromatic N) is 3. The third-order valence-corrected chi connectivity index (χ3v) is 5.98. The van der Waals surface area contributed by atoms with Crippen LogP contribution in [0.15, 0.2) is 35.3 Å². The van der Waals surface area contributed by atoms with Crippen molar-refractivity contribution in [3.05, 3.63) is 55.7 Å². The summed E-state index contributed by atoms with van der Waals surface area (Å²) in [6.45, 7) is 1.99. The van der Waals surface area contributed by atoms with Gasteiger partial charge in [-0.05, 0) is 30.7 Å². The van der Waals surface area contributed by atoms with Gasteiger partial charge in [-0.1, -0.05) is 28.7 Å². The van der Waals surface area contributed by atoms with E-state index in [1.807, 2.05) is 30.7 Å². The molecule has 0 bridgehead atoms. The highest BCUT2D eigenvalue weighted by molar-refractivity contribution is 7.16. The van der Waals surface area contributed by atoms with Gasteiger partial charge in [0.15, 0.2) is 4.80 Å². The van der Waals surface area contributed by atoms with E-state index in [1.165, 1.54) is 29.6 Å². The Morgan fingerprint density at radius 1 is 1.31 bits per heavy atom. The van der Waals surface area contributed by atoms with Gasteiger partial charge >= 0.3 is 5.00 Å². The summed E-state index contributed by atoms with van der Waals surface area (Å²) in [4.78, 5) is 27.7. The molecular weight excluding hydrogens is 374 g/mol. The number of hydrogen-bond donors (Lipinski definition) is 0. The number of thiazole rings is 1. The average molecular weight is 389 g/mol. The first-order valence-electron chi connectivity index (χ1n) is 7.55. The van der Waals surface area contributed by atoms with E-state index in [1.54, 1.807) is 13.2 Å². The molecule has 0 spiro atoms. The van der Waals surface area contributed by atoms with Gasteiger partial charge in [0.1, 0.15) is 11.3 Å². The van der Waals surface area contributed by atoms with E-state index < -0.39 is 10.8 Å². The number of hydrogen-bond acceptors (Lipinski definition) is 6. The summed E-state index contributed by atoms with van der Waals surface area (Å²) in [5.74, 6) is 0.291. The second-order valence-corrected chi connectivity index (χ2v) is 7.49. The molecule has 134 valence electrons. The molecule has 0 saturated heterocycles. The van der Waals surface area contributed by atoms with Gasteiger partial charge in [0.05, 0.1) is 16.7 Å². The highest BCUT2D eigenvalue weighted by atomic mass is 32.1. The molecule has 0 N–H and O–H groups in total. The summed E-state index contributed by atoms with van der Waals surface area (Å²) in [6, 6.07) is 6.86. The third kappa shape index (κ3) is 3.44. The van der Waals surface area contributed by atoms with Crippen molar-refractivity contribution in [3.8, 4) is 5.75 Å². The van der Waals surface area contributed by atoms with Crippen molar-refractivity contribution < 1.29 is 14.5 Å². The van der Waals surface area contributed by atoms with Crippen LogP contribution < -0.4 is 9.54 Å². The number of aromatic nitrogens is 1. The summed E-state index contributed by atoms with van der Waals surface area (Å²) < 4.78 is 8.24. The SMILES string of the molecule is COc1ccc(C)c2sc(=NC(=O)C=Cc3ccc([N+](=O)[O-])s3)n(C)c12. The molecule has 0 aliphatic carbocycles. The molecule has 2 aromatic heterocycles. The van der Waals surface area contributed by atoms with Crippen LogP contribution in [0.5, 0.6) is 5.75 Å². The monoisotopic (exact) mass is 389 g/mol. The zero-order valence-corrected chi connectivity index (χ0v) is 15.9. The van der Waals surface area contributed by atoms with Crippen LogP contribution in [0.25, 0.3) is 16.3 Å². The maximum absolute atomic E-state index is 12.2. The van der Waals surface area contributed by atoms with E-state index in [0.29, 0.717) is 9.68 Å². The lowest BCUT2D eigenvalue weighted by Gasteiger charge is -2.05. The first kappa shape index (κ1) is 18.0. The van der Waals surface area contributed by atoms with Gasteiger partial charge in [-0.3, -0.25) is 14.9 Å². The van der Waals surface area contributed by atoms with Crippen LogP contribution in [0.4, 0.5) is 5.00 Å². The highest BCUT2D eigenvalue weighted by Crippen LogP contribution is 2.29. The number of nitro groups is 1. The second kappa shape index (κ2) is 7.22. The molecule has 26 heavy (non-hydrogen) atoms. The van der Waals surface area contributed by atoms with Crippen molar-refractivity contribution in [2.45, 2.75) is 6.92 Å². The van der Waals surface area contributed by atoms with E-state index in [4.69, 9.17) is 4.74 Å². The van der Waals surface area contributed by atoms with E-state index >= 15 is 0 Å². The van der Waals surface area contributed by atoms with E-state index in [9.17, 15) is 14.9 Å². The molecule has 1 amide bonds. The molecule has 0 atom stereocenters. The van der Waals surface area contributed by atoms with Gasteiger partial charge in [0.2, 0.25) is 0 Å². The van der Waals surface area contributed by atoms with Gasteiger partial charge in [-0.2, -0.15) is 4.99 Å². The molecule has 1 aromatic carbocycles. The van der Waals surface area contributed by atoms with Crippen LogP contribution in [-0.2, 0) is 11.8 Å². The molecule has 0 fully saturated rings. The number of benzene rings is 1. The Balaban J connectivity index is 1.95. The first-order chi connectivity index (χ1) is 12.4. The number of fused-ring (bicyclic) bond motifs is 1. The molecule has 9 heteroatoms. The smallest absolute Gasteiger partial charge is 0.324 e. The fourth-order valence-corrected chi connectivity index (χ4v) is 4.27.